The summed E-state index contributed by atoms with van der Waals surface area (Å²) in [6.07, 6.45) is -9.49. The van der Waals surface area contributed by atoms with Gasteiger partial charge in [0.25, 0.3) is 0 Å². The van der Waals surface area contributed by atoms with Crippen LogP contribution in [0.1, 0.15) is 6.42 Å². The minimum atomic E-state index is -1.47. The topological polar surface area (TPSA) is 173 Å². The minimum Gasteiger partial charge on any atom is -0.394 e. The van der Waals surface area contributed by atoms with E-state index in [2.05, 4.69) is 0 Å². The molecule has 2 aliphatic rings. The Labute approximate surface area is 190 Å². The number of rotatable bonds is 9. The molecule has 2 fully saturated rings. The van der Waals surface area contributed by atoms with Crippen LogP contribution in [0.15, 0.2) is 0 Å². The summed E-state index contributed by atoms with van der Waals surface area (Å²) >= 11 is 3.63. The molecule has 28 heavy (non-hydrogen) atoms. The highest BCUT2D eigenvalue weighted by Crippen LogP contribution is 2.33. The number of nitrogens with two attached hydrogens (primary N) is 1. The van der Waals surface area contributed by atoms with E-state index in [1.807, 2.05) is 22.6 Å². The van der Waals surface area contributed by atoms with Crippen molar-refractivity contribution < 1.29 is 47.5 Å². The van der Waals surface area contributed by atoms with Gasteiger partial charge in [0.1, 0.15) is 65.7 Å². The Morgan fingerprint density at radius 3 is 2.07 bits per heavy atom. The molecule has 0 aromatic carbocycles. The maximum atomic E-state index is 10.5. The summed E-state index contributed by atoms with van der Waals surface area (Å²) in [5.41, 5.74) is 5.39. The fourth-order valence-corrected chi connectivity index (χ4v) is 5.20. The van der Waals surface area contributed by atoms with Gasteiger partial charge in [-0.25, -0.2) is 0 Å². The van der Waals surface area contributed by atoms with Crippen LogP contribution >= 0.6 is 45.6 Å². The van der Waals surface area contributed by atoms with Crippen molar-refractivity contribution in [2.75, 3.05) is 26.4 Å². The molecule has 0 aliphatic carbocycles. The lowest BCUT2D eigenvalue weighted by Gasteiger charge is -2.46. The first-order chi connectivity index (χ1) is 13.4. The van der Waals surface area contributed by atoms with E-state index in [9.17, 15) is 25.5 Å². The van der Waals surface area contributed by atoms with Crippen molar-refractivity contribution >= 4 is 45.6 Å². The number of aliphatic hydroxyl groups excluding tert-OH is 5. The van der Waals surface area contributed by atoms with Crippen molar-refractivity contribution in [2.24, 2.45) is 5.73 Å². The second-order valence-electron chi connectivity index (χ2n) is 6.53. The van der Waals surface area contributed by atoms with E-state index >= 15 is 0 Å². The minimum absolute atomic E-state index is 0.214. The van der Waals surface area contributed by atoms with Crippen LogP contribution < -0.4 is 5.73 Å². The van der Waals surface area contributed by atoms with E-state index in [0.29, 0.717) is 13.0 Å². The second kappa shape index (κ2) is 12.2. The number of hydrogen-bond donors (Lipinski definition) is 6. The van der Waals surface area contributed by atoms with E-state index in [4.69, 9.17) is 27.7 Å². The number of ether oxygens (including phenoxy) is 4. The predicted molar refractivity (Wildman–Crippen MR) is 111 cm³/mol. The zero-order valence-corrected chi connectivity index (χ0v) is 19.2. The predicted octanol–water partition coefficient (Wildman–Crippen LogP) is -2.21. The van der Waals surface area contributed by atoms with Crippen molar-refractivity contribution in [3.63, 3.8) is 0 Å². The third kappa shape index (κ3) is 5.83. The molecule has 2 heterocycles. The van der Waals surface area contributed by atoms with Crippen molar-refractivity contribution in [3.05, 3.63) is 0 Å². The first kappa shape index (κ1) is 25.3. The average Bonchev–Trinajstić information content (AvgIpc) is 2.70. The summed E-state index contributed by atoms with van der Waals surface area (Å²) in [6.45, 7) is -0.286. The Kier molecular flexibility index (Phi) is 11.0. The second-order valence-corrected chi connectivity index (χ2v) is 8.48. The van der Waals surface area contributed by atoms with Gasteiger partial charge in [0.05, 0.1) is 23.7 Å². The third-order valence-electron chi connectivity index (χ3n) is 4.62. The van der Waals surface area contributed by atoms with Crippen LogP contribution in [-0.2, 0) is 22.0 Å². The van der Waals surface area contributed by atoms with Gasteiger partial charge in [-0.15, -0.1) is 0 Å². The monoisotopic (exact) mass is 635 g/mol. The first-order valence-corrected chi connectivity index (χ1v) is 11.0. The molecule has 2 rings (SSSR count). The largest absolute Gasteiger partial charge is 0.394 e. The van der Waals surface area contributed by atoms with Gasteiger partial charge in [-0.3, -0.25) is 0 Å². The van der Waals surface area contributed by atoms with Gasteiger partial charge in [0.2, 0.25) is 0 Å². The van der Waals surface area contributed by atoms with Crippen LogP contribution in [0.3, 0.4) is 0 Å². The first-order valence-electron chi connectivity index (χ1n) is 8.85. The molecule has 0 aromatic heterocycles. The fraction of sp³-hybridized carbons (Fsp3) is 1.00. The van der Waals surface area contributed by atoms with Crippen LogP contribution in [0.25, 0.3) is 0 Å². The summed E-state index contributed by atoms with van der Waals surface area (Å²) in [5.74, 6) is 0. The summed E-state index contributed by atoms with van der Waals surface area (Å²) < 4.78 is 26.9. The van der Waals surface area contributed by atoms with E-state index in [1.165, 1.54) is 0 Å². The Morgan fingerprint density at radius 2 is 1.50 bits per heavy atom. The van der Waals surface area contributed by atoms with Crippen LogP contribution in [0.4, 0.5) is 0 Å². The standard InChI is InChI=1S/C15H27I2NO10/c16-8-9(21)15(26-6(4-19)12(8)28-17)27-13-7(5-20)25-14(11(23)10(13)22)24-3-1-2-18/h6-15,19-23H,1-5,18H2/t6?,7?,8?,9?,10?,11?,12-,13+,14+,15-/m0/s1. The quantitative estimate of drug-likeness (QED) is 0.0923. The molecule has 6 unspecified atom stereocenters. The van der Waals surface area contributed by atoms with Crippen molar-refractivity contribution in [1.82, 2.24) is 0 Å². The van der Waals surface area contributed by atoms with Gasteiger partial charge < -0.3 is 53.3 Å². The van der Waals surface area contributed by atoms with E-state index in [0.717, 1.165) is 0 Å². The molecule has 166 valence electrons. The van der Waals surface area contributed by atoms with Gasteiger partial charge in [-0.1, -0.05) is 22.6 Å². The van der Waals surface area contributed by atoms with E-state index in [-0.39, 0.29) is 13.2 Å². The Balaban J connectivity index is 2.07. The Bertz CT molecular complexity index is 463. The van der Waals surface area contributed by atoms with Crippen LogP contribution in [0.5, 0.6) is 0 Å². The number of aliphatic hydroxyl groups is 5. The number of alkyl halides is 1. The van der Waals surface area contributed by atoms with Crippen molar-refractivity contribution in [2.45, 2.75) is 65.7 Å². The van der Waals surface area contributed by atoms with Crippen LogP contribution in [0.2, 0.25) is 0 Å². The normalized spacial score (nSPS) is 44.6. The van der Waals surface area contributed by atoms with Gasteiger partial charge in [-0.2, -0.15) is 0 Å². The van der Waals surface area contributed by atoms with E-state index in [1.54, 1.807) is 23.0 Å². The van der Waals surface area contributed by atoms with Crippen LogP contribution in [0, 0.1) is 0 Å². The molecule has 0 amide bonds. The molecule has 0 radical (unpaired) electrons. The molecular weight excluding hydrogens is 608 g/mol. The highest BCUT2D eigenvalue weighted by Gasteiger charge is 2.51. The Hall–Kier alpha value is 1.02. The average molecular weight is 635 g/mol. The lowest BCUT2D eigenvalue weighted by atomic mass is 9.98. The molecule has 0 spiro atoms. The summed E-state index contributed by atoms with van der Waals surface area (Å²) in [7, 11) is 0. The lowest BCUT2D eigenvalue weighted by molar-refractivity contribution is -0.346. The lowest BCUT2D eigenvalue weighted by Crippen LogP contribution is -2.64. The third-order valence-corrected chi connectivity index (χ3v) is 6.65. The molecule has 2 saturated heterocycles. The smallest absolute Gasteiger partial charge is 0.186 e. The maximum absolute atomic E-state index is 10.5. The molecule has 0 bridgehead atoms. The van der Waals surface area contributed by atoms with Crippen LogP contribution in [-0.4, -0.2) is 111 Å². The summed E-state index contributed by atoms with van der Waals surface area (Å²) in [4.78, 5) is 0. The molecule has 2 aliphatic heterocycles. The molecule has 11 nitrogen and oxygen atoms in total. The van der Waals surface area contributed by atoms with Gasteiger partial charge in [0.15, 0.2) is 12.6 Å². The van der Waals surface area contributed by atoms with Gasteiger partial charge in [0, 0.05) is 0 Å². The molecule has 13 heteroatoms. The maximum Gasteiger partial charge on any atom is 0.186 e. The number of halogens is 2. The Morgan fingerprint density at radius 1 is 0.893 bits per heavy atom. The SMILES string of the molecule is NCCCO[C@@H]1OC(CO)[C@@H](O[C@@H]2OC(CO)[C@H](OI)C(I)C2O)C(O)C1O. The fourth-order valence-electron chi connectivity index (χ4n) is 3.04. The van der Waals surface area contributed by atoms with Gasteiger partial charge in [-0.05, 0) is 13.0 Å². The summed E-state index contributed by atoms with van der Waals surface area (Å²) in [6, 6.07) is 0. The van der Waals surface area contributed by atoms with Crippen molar-refractivity contribution in [3.8, 4) is 0 Å². The molecule has 0 saturated carbocycles. The van der Waals surface area contributed by atoms with Gasteiger partial charge >= 0.3 is 0 Å². The summed E-state index contributed by atoms with van der Waals surface area (Å²) in [5, 5.41) is 50.4. The highest BCUT2D eigenvalue weighted by atomic mass is 127. The highest BCUT2D eigenvalue weighted by molar-refractivity contribution is 14.1. The molecular formula is C15H27I2NO10. The molecule has 10 atom stereocenters. The zero-order chi connectivity index (χ0) is 20.8. The van der Waals surface area contributed by atoms with Crippen molar-refractivity contribution in [1.29, 1.82) is 0 Å². The molecule has 0 aromatic rings. The zero-order valence-electron chi connectivity index (χ0n) is 14.9. The molecule has 7 N–H and O–H groups in total. The van der Waals surface area contributed by atoms with E-state index < -0.39 is 65.8 Å². The number of hydrogen-bond acceptors (Lipinski definition) is 11.